The lowest BCUT2D eigenvalue weighted by Gasteiger charge is -2.10. The van der Waals surface area contributed by atoms with Gasteiger partial charge in [-0.15, -0.1) is 6.58 Å². The van der Waals surface area contributed by atoms with Gasteiger partial charge in [0.05, 0.1) is 6.10 Å². The van der Waals surface area contributed by atoms with Crippen LogP contribution in [0.15, 0.2) is 39.8 Å². The lowest BCUT2D eigenvalue weighted by Crippen LogP contribution is -1.96. The first kappa shape index (κ1) is 12.0. The van der Waals surface area contributed by atoms with Gasteiger partial charge >= 0.3 is 0 Å². The molecule has 0 heterocycles. The molecule has 0 amide bonds. The molecule has 1 rings (SSSR count). The fourth-order valence-electron chi connectivity index (χ4n) is 1.21. The Balaban J connectivity index is 2.78. The van der Waals surface area contributed by atoms with Gasteiger partial charge in [0, 0.05) is 8.95 Å². The lowest BCUT2D eigenvalue weighted by molar-refractivity contribution is 0.168. The van der Waals surface area contributed by atoms with Crippen LogP contribution >= 0.6 is 31.9 Å². The summed E-state index contributed by atoms with van der Waals surface area (Å²) in [5.74, 6) is 0. The molecule has 0 saturated heterocycles. The second-order valence-electron chi connectivity index (χ2n) is 3.08. The fourth-order valence-corrected chi connectivity index (χ4v) is 2.54. The minimum absolute atomic E-state index is 0.415. The molecule has 1 N–H and O–H groups in total. The van der Waals surface area contributed by atoms with Gasteiger partial charge in [0.25, 0.3) is 0 Å². The molecular formula is C11H12Br2O. The van der Waals surface area contributed by atoms with E-state index >= 15 is 0 Å². The van der Waals surface area contributed by atoms with Crippen LogP contribution in [-0.2, 0) is 0 Å². The molecule has 0 aliphatic heterocycles. The second kappa shape index (κ2) is 5.69. The Morgan fingerprint density at radius 2 is 1.86 bits per heavy atom. The summed E-state index contributed by atoms with van der Waals surface area (Å²) in [6, 6.07) is 5.81. The van der Waals surface area contributed by atoms with Crippen LogP contribution in [0.5, 0.6) is 0 Å². The molecule has 76 valence electrons. The van der Waals surface area contributed by atoms with E-state index in [1.807, 2.05) is 24.3 Å². The molecule has 0 aliphatic rings. The van der Waals surface area contributed by atoms with Crippen LogP contribution in [0.2, 0.25) is 0 Å². The molecule has 1 atom stereocenters. The Hall–Kier alpha value is -0.120. The van der Waals surface area contributed by atoms with Crippen LogP contribution in [0.3, 0.4) is 0 Å². The number of aliphatic hydroxyl groups excluding tert-OH is 1. The van der Waals surface area contributed by atoms with Gasteiger partial charge < -0.3 is 5.11 Å². The third-order valence-electron chi connectivity index (χ3n) is 1.91. The minimum atomic E-state index is -0.415. The van der Waals surface area contributed by atoms with Crippen molar-refractivity contribution in [2.75, 3.05) is 0 Å². The predicted octanol–water partition coefficient (Wildman–Crippen LogP) is 4.21. The van der Waals surface area contributed by atoms with Crippen molar-refractivity contribution in [3.8, 4) is 0 Å². The monoisotopic (exact) mass is 318 g/mol. The number of hydrogen-bond acceptors (Lipinski definition) is 1. The second-order valence-corrected chi connectivity index (χ2v) is 4.92. The van der Waals surface area contributed by atoms with Gasteiger partial charge in [-0.25, -0.2) is 0 Å². The maximum absolute atomic E-state index is 9.81. The number of hydrogen-bond donors (Lipinski definition) is 1. The zero-order valence-electron chi connectivity index (χ0n) is 7.71. The molecule has 3 heteroatoms. The highest BCUT2D eigenvalue weighted by Crippen LogP contribution is 2.26. The Labute approximate surface area is 101 Å². The molecule has 1 nitrogen and oxygen atoms in total. The SMILES string of the molecule is C=CCCC(O)c1cc(Br)cc(Br)c1. The average Bonchev–Trinajstić information content (AvgIpc) is 2.12. The summed E-state index contributed by atoms with van der Waals surface area (Å²) in [5, 5.41) is 9.81. The van der Waals surface area contributed by atoms with Gasteiger partial charge in [0.15, 0.2) is 0 Å². The van der Waals surface area contributed by atoms with Gasteiger partial charge in [0.1, 0.15) is 0 Å². The summed E-state index contributed by atoms with van der Waals surface area (Å²) in [7, 11) is 0. The topological polar surface area (TPSA) is 20.2 Å². The summed E-state index contributed by atoms with van der Waals surface area (Å²) in [6.07, 6.45) is 2.94. The lowest BCUT2D eigenvalue weighted by atomic mass is 10.1. The molecule has 0 fully saturated rings. The van der Waals surface area contributed by atoms with Crippen LogP contribution in [0.1, 0.15) is 24.5 Å². The molecule has 0 saturated carbocycles. The van der Waals surface area contributed by atoms with E-state index in [1.54, 1.807) is 0 Å². The third-order valence-corrected chi connectivity index (χ3v) is 2.83. The number of halogens is 2. The van der Waals surface area contributed by atoms with Crippen LogP contribution in [-0.4, -0.2) is 5.11 Å². The first-order chi connectivity index (χ1) is 6.63. The molecule has 14 heavy (non-hydrogen) atoms. The zero-order valence-corrected chi connectivity index (χ0v) is 10.9. The molecule has 1 aromatic carbocycles. The van der Waals surface area contributed by atoms with Gasteiger partial charge in [-0.2, -0.15) is 0 Å². The van der Waals surface area contributed by atoms with Gasteiger partial charge in [-0.3, -0.25) is 0 Å². The maximum atomic E-state index is 9.81. The van der Waals surface area contributed by atoms with Crippen LogP contribution in [0.4, 0.5) is 0 Å². The Morgan fingerprint density at radius 1 is 1.29 bits per heavy atom. The van der Waals surface area contributed by atoms with Crippen molar-refractivity contribution in [2.45, 2.75) is 18.9 Å². The quantitative estimate of drug-likeness (QED) is 0.824. The van der Waals surface area contributed by atoms with Crippen LogP contribution in [0, 0.1) is 0 Å². The van der Waals surface area contributed by atoms with E-state index in [9.17, 15) is 5.11 Å². The number of aliphatic hydroxyl groups is 1. The summed E-state index contributed by atoms with van der Waals surface area (Å²) in [5.41, 5.74) is 0.924. The van der Waals surface area contributed by atoms with Crippen LogP contribution in [0.25, 0.3) is 0 Å². The van der Waals surface area contributed by atoms with Crippen molar-refractivity contribution < 1.29 is 5.11 Å². The Bertz CT molecular complexity index is 303. The van der Waals surface area contributed by atoms with Crippen molar-refractivity contribution >= 4 is 31.9 Å². The predicted molar refractivity (Wildman–Crippen MR) is 66.2 cm³/mol. The van der Waals surface area contributed by atoms with Crippen LogP contribution < -0.4 is 0 Å². The zero-order chi connectivity index (χ0) is 10.6. The molecule has 0 radical (unpaired) electrons. The average molecular weight is 320 g/mol. The number of allylic oxidation sites excluding steroid dienone is 1. The minimum Gasteiger partial charge on any atom is -0.388 e. The smallest absolute Gasteiger partial charge is 0.0793 e. The number of rotatable bonds is 4. The summed E-state index contributed by atoms with van der Waals surface area (Å²) < 4.78 is 1.94. The largest absolute Gasteiger partial charge is 0.388 e. The van der Waals surface area contributed by atoms with Gasteiger partial charge in [0.2, 0.25) is 0 Å². The normalized spacial score (nSPS) is 12.5. The third kappa shape index (κ3) is 3.56. The van der Waals surface area contributed by atoms with E-state index in [4.69, 9.17) is 0 Å². The van der Waals surface area contributed by atoms with E-state index in [1.165, 1.54) is 0 Å². The Kier molecular flexibility index (Phi) is 4.85. The van der Waals surface area contributed by atoms with Crippen molar-refractivity contribution in [1.82, 2.24) is 0 Å². The van der Waals surface area contributed by atoms with E-state index in [0.717, 1.165) is 20.9 Å². The molecule has 0 aliphatic carbocycles. The Morgan fingerprint density at radius 3 is 2.36 bits per heavy atom. The molecular weight excluding hydrogens is 308 g/mol. The number of benzene rings is 1. The standard InChI is InChI=1S/C11H12Br2O/c1-2-3-4-11(14)8-5-9(12)7-10(13)6-8/h2,5-7,11,14H,1,3-4H2. The molecule has 1 aromatic rings. The highest BCUT2D eigenvalue weighted by atomic mass is 79.9. The maximum Gasteiger partial charge on any atom is 0.0793 e. The van der Waals surface area contributed by atoms with Gasteiger partial charge in [-0.05, 0) is 36.6 Å². The van der Waals surface area contributed by atoms with Crippen molar-refractivity contribution in [1.29, 1.82) is 0 Å². The van der Waals surface area contributed by atoms with E-state index < -0.39 is 6.10 Å². The molecule has 0 aromatic heterocycles. The highest BCUT2D eigenvalue weighted by Gasteiger charge is 2.07. The summed E-state index contributed by atoms with van der Waals surface area (Å²) in [4.78, 5) is 0. The van der Waals surface area contributed by atoms with Crippen molar-refractivity contribution in [3.05, 3.63) is 45.4 Å². The first-order valence-electron chi connectivity index (χ1n) is 4.38. The molecule has 0 bridgehead atoms. The van der Waals surface area contributed by atoms with Crippen molar-refractivity contribution in [2.24, 2.45) is 0 Å². The van der Waals surface area contributed by atoms with E-state index in [0.29, 0.717) is 6.42 Å². The first-order valence-corrected chi connectivity index (χ1v) is 5.97. The summed E-state index contributed by atoms with van der Waals surface area (Å²) >= 11 is 6.78. The molecule has 0 spiro atoms. The van der Waals surface area contributed by atoms with E-state index in [-0.39, 0.29) is 0 Å². The van der Waals surface area contributed by atoms with Gasteiger partial charge in [-0.1, -0.05) is 37.9 Å². The van der Waals surface area contributed by atoms with Crippen molar-refractivity contribution in [3.63, 3.8) is 0 Å². The highest BCUT2D eigenvalue weighted by molar-refractivity contribution is 9.11. The van der Waals surface area contributed by atoms with E-state index in [2.05, 4.69) is 38.4 Å². The fraction of sp³-hybridized carbons (Fsp3) is 0.273. The summed E-state index contributed by atoms with van der Waals surface area (Å²) in [6.45, 7) is 3.63. The molecule has 1 unspecified atom stereocenters.